The molecule has 0 aromatic carbocycles. The number of esters is 1. The summed E-state index contributed by atoms with van der Waals surface area (Å²) in [6.45, 7) is 2.29. The molecule has 0 saturated heterocycles. The van der Waals surface area contributed by atoms with Crippen LogP contribution in [0, 0.1) is 5.92 Å². The Morgan fingerprint density at radius 2 is 2.08 bits per heavy atom. The van der Waals surface area contributed by atoms with E-state index in [0.717, 1.165) is 25.7 Å². The van der Waals surface area contributed by atoms with Crippen molar-refractivity contribution < 1.29 is 9.53 Å². The molecule has 0 aromatic heterocycles. The van der Waals surface area contributed by atoms with Crippen LogP contribution in [0.5, 0.6) is 0 Å². The van der Waals surface area contributed by atoms with E-state index >= 15 is 0 Å². The first-order chi connectivity index (χ1) is 6.25. The van der Waals surface area contributed by atoms with Gasteiger partial charge in [-0.1, -0.05) is 19.3 Å². The molecule has 0 heterocycles. The Morgan fingerprint density at radius 1 is 1.38 bits per heavy atom. The highest BCUT2D eigenvalue weighted by Crippen LogP contribution is 2.23. The van der Waals surface area contributed by atoms with Gasteiger partial charge in [-0.2, -0.15) is 0 Å². The highest BCUT2D eigenvalue weighted by atomic mass is 16.5. The summed E-state index contributed by atoms with van der Waals surface area (Å²) in [7, 11) is 0. The molecular weight excluding hydrogens is 166 g/mol. The summed E-state index contributed by atoms with van der Waals surface area (Å²) >= 11 is 0. The minimum Gasteiger partial charge on any atom is -0.466 e. The van der Waals surface area contributed by atoms with Gasteiger partial charge in [-0.3, -0.25) is 4.79 Å². The zero-order chi connectivity index (χ0) is 9.68. The maximum Gasteiger partial charge on any atom is 0.310 e. The molecule has 2 N–H and O–H groups in total. The fraction of sp³-hybridized carbons (Fsp3) is 0.900. The fourth-order valence-electron chi connectivity index (χ4n) is 1.88. The second-order valence-corrected chi connectivity index (χ2v) is 3.66. The number of carbonyl (C=O) groups excluding carboxylic acids is 1. The van der Waals surface area contributed by atoms with Gasteiger partial charge in [0.05, 0.1) is 12.5 Å². The van der Waals surface area contributed by atoms with Crippen LogP contribution in [-0.4, -0.2) is 18.6 Å². The highest BCUT2D eigenvalue weighted by molar-refractivity contribution is 5.73. The van der Waals surface area contributed by atoms with Gasteiger partial charge in [-0.25, -0.2) is 0 Å². The molecule has 1 fully saturated rings. The SMILES string of the molecule is CCOC(=O)[C@H]1CCCCC[C@@H]1N. The third-order valence-electron chi connectivity index (χ3n) is 2.66. The summed E-state index contributed by atoms with van der Waals surface area (Å²) in [6, 6.07) is 0.0153. The lowest BCUT2D eigenvalue weighted by molar-refractivity contribution is -0.148. The Balaban J connectivity index is 2.48. The van der Waals surface area contributed by atoms with Crippen LogP contribution in [0.25, 0.3) is 0 Å². The molecule has 3 nitrogen and oxygen atoms in total. The summed E-state index contributed by atoms with van der Waals surface area (Å²) < 4.78 is 4.99. The normalized spacial score (nSPS) is 29.4. The summed E-state index contributed by atoms with van der Waals surface area (Å²) in [6.07, 6.45) is 5.32. The fourth-order valence-corrected chi connectivity index (χ4v) is 1.88. The van der Waals surface area contributed by atoms with Crippen molar-refractivity contribution in [2.24, 2.45) is 11.7 Å². The average Bonchev–Trinajstić information content (AvgIpc) is 2.30. The van der Waals surface area contributed by atoms with Gasteiger partial charge >= 0.3 is 5.97 Å². The van der Waals surface area contributed by atoms with Crippen LogP contribution in [0.2, 0.25) is 0 Å². The van der Waals surface area contributed by atoms with Crippen LogP contribution in [0.15, 0.2) is 0 Å². The van der Waals surface area contributed by atoms with Crippen molar-refractivity contribution in [1.82, 2.24) is 0 Å². The van der Waals surface area contributed by atoms with E-state index in [2.05, 4.69) is 0 Å². The average molecular weight is 185 g/mol. The van der Waals surface area contributed by atoms with Gasteiger partial charge in [-0.15, -0.1) is 0 Å². The summed E-state index contributed by atoms with van der Waals surface area (Å²) in [5.74, 6) is -0.153. The van der Waals surface area contributed by atoms with E-state index in [4.69, 9.17) is 10.5 Å². The lowest BCUT2D eigenvalue weighted by atomic mass is 9.96. The number of carbonyl (C=O) groups is 1. The Hall–Kier alpha value is -0.570. The van der Waals surface area contributed by atoms with E-state index < -0.39 is 0 Å². The van der Waals surface area contributed by atoms with Crippen molar-refractivity contribution in [1.29, 1.82) is 0 Å². The minimum absolute atomic E-state index is 0.0153. The van der Waals surface area contributed by atoms with Crippen molar-refractivity contribution in [2.75, 3.05) is 6.61 Å². The molecule has 0 spiro atoms. The van der Waals surface area contributed by atoms with Crippen molar-refractivity contribution in [2.45, 2.75) is 45.1 Å². The van der Waals surface area contributed by atoms with Gasteiger partial charge in [0, 0.05) is 6.04 Å². The second-order valence-electron chi connectivity index (χ2n) is 3.66. The van der Waals surface area contributed by atoms with Crippen LogP contribution >= 0.6 is 0 Å². The summed E-state index contributed by atoms with van der Waals surface area (Å²) in [5.41, 5.74) is 5.91. The first-order valence-electron chi connectivity index (χ1n) is 5.18. The monoisotopic (exact) mass is 185 g/mol. The number of nitrogens with two attached hydrogens (primary N) is 1. The van der Waals surface area contributed by atoms with Crippen molar-refractivity contribution in [3.8, 4) is 0 Å². The van der Waals surface area contributed by atoms with Crippen LogP contribution in [0.4, 0.5) is 0 Å². The maximum atomic E-state index is 11.5. The van der Waals surface area contributed by atoms with Gasteiger partial charge in [0.15, 0.2) is 0 Å². The Labute approximate surface area is 79.6 Å². The molecule has 0 bridgehead atoms. The quantitative estimate of drug-likeness (QED) is 0.523. The number of hydrogen-bond acceptors (Lipinski definition) is 3. The Kier molecular flexibility index (Phi) is 4.22. The van der Waals surface area contributed by atoms with Gasteiger partial charge < -0.3 is 10.5 Å². The molecule has 0 aliphatic heterocycles. The first kappa shape index (κ1) is 10.5. The number of ether oxygens (including phenoxy) is 1. The maximum absolute atomic E-state index is 11.5. The molecule has 1 rings (SSSR count). The largest absolute Gasteiger partial charge is 0.466 e. The van der Waals surface area contributed by atoms with Gasteiger partial charge in [-0.05, 0) is 19.8 Å². The zero-order valence-electron chi connectivity index (χ0n) is 8.29. The van der Waals surface area contributed by atoms with E-state index in [0.29, 0.717) is 6.61 Å². The molecular formula is C10H19NO2. The molecule has 1 aliphatic rings. The van der Waals surface area contributed by atoms with Crippen LogP contribution in [-0.2, 0) is 9.53 Å². The smallest absolute Gasteiger partial charge is 0.310 e. The van der Waals surface area contributed by atoms with Gasteiger partial charge in [0.1, 0.15) is 0 Å². The second kappa shape index (κ2) is 5.22. The summed E-state index contributed by atoms with van der Waals surface area (Å²) in [4.78, 5) is 11.5. The van der Waals surface area contributed by atoms with E-state index in [1.165, 1.54) is 6.42 Å². The predicted molar refractivity (Wildman–Crippen MR) is 51.2 cm³/mol. The van der Waals surface area contributed by atoms with Crippen LogP contribution in [0.1, 0.15) is 39.0 Å². The third kappa shape index (κ3) is 2.99. The molecule has 1 aliphatic carbocycles. The van der Waals surface area contributed by atoms with Crippen molar-refractivity contribution in [3.05, 3.63) is 0 Å². The van der Waals surface area contributed by atoms with Gasteiger partial charge in [0.2, 0.25) is 0 Å². The van der Waals surface area contributed by atoms with E-state index in [-0.39, 0.29) is 17.9 Å². The molecule has 13 heavy (non-hydrogen) atoms. The van der Waals surface area contributed by atoms with Gasteiger partial charge in [0.25, 0.3) is 0 Å². The zero-order valence-corrected chi connectivity index (χ0v) is 8.29. The first-order valence-corrected chi connectivity index (χ1v) is 5.18. The molecule has 0 radical (unpaired) electrons. The number of rotatable bonds is 2. The molecule has 0 unspecified atom stereocenters. The third-order valence-corrected chi connectivity index (χ3v) is 2.66. The summed E-state index contributed by atoms with van der Waals surface area (Å²) in [5, 5.41) is 0. The van der Waals surface area contributed by atoms with Crippen LogP contribution in [0.3, 0.4) is 0 Å². The number of hydrogen-bond donors (Lipinski definition) is 1. The topological polar surface area (TPSA) is 52.3 Å². The highest BCUT2D eigenvalue weighted by Gasteiger charge is 2.27. The van der Waals surface area contributed by atoms with Crippen LogP contribution < -0.4 is 5.73 Å². The molecule has 76 valence electrons. The van der Waals surface area contributed by atoms with E-state index in [9.17, 15) is 4.79 Å². The lowest BCUT2D eigenvalue weighted by Gasteiger charge is -2.18. The molecule has 2 atom stereocenters. The Bertz CT molecular complexity index is 170. The minimum atomic E-state index is -0.100. The lowest BCUT2D eigenvalue weighted by Crippen LogP contribution is -2.35. The standard InChI is InChI=1S/C10H19NO2/c1-2-13-10(12)8-6-4-3-5-7-9(8)11/h8-9H,2-7,11H2,1H3/t8-,9-/m0/s1. The van der Waals surface area contributed by atoms with Crippen molar-refractivity contribution in [3.63, 3.8) is 0 Å². The van der Waals surface area contributed by atoms with Crippen molar-refractivity contribution >= 4 is 5.97 Å². The molecule has 0 aromatic rings. The molecule has 0 amide bonds. The molecule has 1 saturated carbocycles. The predicted octanol–water partition coefficient (Wildman–Crippen LogP) is 1.46. The molecule has 3 heteroatoms. The van der Waals surface area contributed by atoms with E-state index in [1.54, 1.807) is 0 Å². The van der Waals surface area contributed by atoms with E-state index in [1.807, 2.05) is 6.92 Å². The Morgan fingerprint density at radius 3 is 2.77 bits per heavy atom.